The van der Waals surface area contributed by atoms with Crippen molar-refractivity contribution in [1.82, 2.24) is 20.0 Å². The van der Waals surface area contributed by atoms with E-state index in [9.17, 15) is 0 Å². The van der Waals surface area contributed by atoms with E-state index in [4.69, 9.17) is 4.74 Å². The van der Waals surface area contributed by atoms with Crippen LogP contribution in [0, 0.1) is 0 Å². The molecule has 3 aromatic rings. The van der Waals surface area contributed by atoms with Crippen LogP contribution in [0.25, 0.3) is 22.3 Å². The maximum absolute atomic E-state index is 5.84. The summed E-state index contributed by atoms with van der Waals surface area (Å²) in [6.07, 6.45) is 5.18. The largest absolute Gasteiger partial charge is 0.356 e. The number of hydrogen-bond donors (Lipinski definition) is 1. The Morgan fingerprint density at radius 3 is 3.05 bits per heavy atom. The number of H-pyrrole nitrogens is 1. The first-order chi connectivity index (χ1) is 9.93. The number of aromatic nitrogens is 4. The molecule has 0 amide bonds. The van der Waals surface area contributed by atoms with Crippen molar-refractivity contribution >= 4 is 10.9 Å². The first-order valence-electron chi connectivity index (χ1n) is 7.02. The van der Waals surface area contributed by atoms with Crippen molar-refractivity contribution < 1.29 is 4.74 Å². The van der Waals surface area contributed by atoms with Crippen LogP contribution in [0.2, 0.25) is 0 Å². The fraction of sp³-hybridized carbons (Fsp3) is 0.333. The van der Waals surface area contributed by atoms with Crippen molar-refractivity contribution in [3.8, 4) is 11.4 Å². The Kier molecular flexibility index (Phi) is 2.77. The molecule has 1 N–H and O–H groups in total. The van der Waals surface area contributed by atoms with E-state index in [1.54, 1.807) is 0 Å². The zero-order valence-electron chi connectivity index (χ0n) is 11.1. The van der Waals surface area contributed by atoms with Crippen molar-refractivity contribution in [1.29, 1.82) is 0 Å². The Hall–Kier alpha value is -2.14. The highest BCUT2D eigenvalue weighted by Gasteiger charge is 2.21. The number of nitrogens with zero attached hydrogens (tertiary/aromatic N) is 3. The minimum Gasteiger partial charge on any atom is -0.356 e. The van der Waals surface area contributed by atoms with Gasteiger partial charge in [-0.3, -0.25) is 5.10 Å². The average molecular weight is 268 g/mol. The number of fused-ring (bicyclic) bond motifs is 1. The number of hydrogen-bond acceptors (Lipinski definition) is 3. The van der Waals surface area contributed by atoms with Crippen LogP contribution in [0.1, 0.15) is 25.5 Å². The summed E-state index contributed by atoms with van der Waals surface area (Å²) in [6.45, 7) is 0.811. The lowest BCUT2D eigenvalue weighted by Crippen LogP contribution is -2.19. The van der Waals surface area contributed by atoms with E-state index in [2.05, 4.69) is 21.4 Å². The van der Waals surface area contributed by atoms with Crippen LogP contribution in [-0.4, -0.2) is 26.6 Å². The van der Waals surface area contributed by atoms with Gasteiger partial charge in [-0.1, -0.05) is 18.2 Å². The van der Waals surface area contributed by atoms with Crippen LogP contribution < -0.4 is 0 Å². The van der Waals surface area contributed by atoms with E-state index in [1.807, 2.05) is 35.1 Å². The van der Waals surface area contributed by atoms with E-state index in [0.717, 1.165) is 41.7 Å². The summed E-state index contributed by atoms with van der Waals surface area (Å²) in [5.41, 5.74) is 2.99. The van der Waals surface area contributed by atoms with Crippen LogP contribution in [0.15, 0.2) is 36.5 Å². The molecule has 0 aliphatic carbocycles. The molecule has 1 unspecified atom stereocenters. The molecular weight excluding hydrogens is 252 g/mol. The molecule has 1 saturated heterocycles. The van der Waals surface area contributed by atoms with Gasteiger partial charge in [-0.25, -0.2) is 4.68 Å². The van der Waals surface area contributed by atoms with Gasteiger partial charge in [0.2, 0.25) is 0 Å². The zero-order valence-corrected chi connectivity index (χ0v) is 11.1. The molecule has 0 saturated carbocycles. The number of rotatable bonds is 2. The minimum atomic E-state index is 0.0317. The van der Waals surface area contributed by atoms with Crippen LogP contribution in [0.4, 0.5) is 0 Å². The lowest BCUT2D eigenvalue weighted by molar-refractivity contribution is -0.0383. The fourth-order valence-corrected chi connectivity index (χ4v) is 2.81. The molecule has 2 aromatic heterocycles. The first-order valence-corrected chi connectivity index (χ1v) is 7.02. The summed E-state index contributed by atoms with van der Waals surface area (Å²) in [5, 5.41) is 13.1. The molecule has 5 nitrogen and oxygen atoms in total. The van der Waals surface area contributed by atoms with Crippen LogP contribution in [0.3, 0.4) is 0 Å². The highest BCUT2D eigenvalue weighted by atomic mass is 16.5. The van der Waals surface area contributed by atoms with Crippen molar-refractivity contribution in [3.63, 3.8) is 0 Å². The Balaban J connectivity index is 1.81. The van der Waals surface area contributed by atoms with Gasteiger partial charge in [-0.05, 0) is 31.4 Å². The second kappa shape index (κ2) is 4.76. The van der Waals surface area contributed by atoms with Gasteiger partial charge >= 0.3 is 0 Å². The summed E-state index contributed by atoms with van der Waals surface area (Å²) in [5.74, 6) is 0. The molecule has 4 rings (SSSR count). The van der Waals surface area contributed by atoms with Crippen molar-refractivity contribution in [2.75, 3.05) is 6.61 Å². The summed E-state index contributed by atoms with van der Waals surface area (Å²) in [4.78, 5) is 0. The molecule has 5 heteroatoms. The van der Waals surface area contributed by atoms with Gasteiger partial charge < -0.3 is 4.74 Å². The van der Waals surface area contributed by atoms with E-state index in [1.165, 1.54) is 6.42 Å². The molecular formula is C15H16N4O. The molecule has 0 spiro atoms. The van der Waals surface area contributed by atoms with Crippen LogP contribution in [0.5, 0.6) is 0 Å². The number of benzene rings is 1. The quantitative estimate of drug-likeness (QED) is 0.777. The Labute approximate surface area is 116 Å². The first kappa shape index (κ1) is 11.7. The summed E-state index contributed by atoms with van der Waals surface area (Å²) < 4.78 is 7.80. The Morgan fingerprint density at radius 2 is 2.15 bits per heavy atom. The predicted octanol–water partition coefficient (Wildman–Crippen LogP) is 3.13. The number of aromatic amines is 1. The molecule has 1 aromatic carbocycles. The summed E-state index contributed by atoms with van der Waals surface area (Å²) in [7, 11) is 0. The topological polar surface area (TPSA) is 55.7 Å². The monoisotopic (exact) mass is 268 g/mol. The third kappa shape index (κ3) is 1.82. The van der Waals surface area contributed by atoms with Crippen molar-refractivity contribution in [3.05, 3.63) is 36.5 Å². The molecule has 1 aliphatic rings. The van der Waals surface area contributed by atoms with Crippen molar-refractivity contribution in [2.24, 2.45) is 0 Å². The molecule has 102 valence electrons. The molecule has 20 heavy (non-hydrogen) atoms. The fourth-order valence-electron chi connectivity index (χ4n) is 2.81. The Morgan fingerprint density at radius 1 is 1.20 bits per heavy atom. The highest BCUT2D eigenvalue weighted by Crippen LogP contribution is 2.30. The smallest absolute Gasteiger partial charge is 0.150 e. The third-order valence-corrected chi connectivity index (χ3v) is 3.81. The van der Waals surface area contributed by atoms with Crippen LogP contribution in [-0.2, 0) is 4.74 Å². The molecule has 0 radical (unpaired) electrons. The van der Waals surface area contributed by atoms with Gasteiger partial charge in [0.15, 0.2) is 6.23 Å². The van der Waals surface area contributed by atoms with Gasteiger partial charge in [0.25, 0.3) is 0 Å². The highest BCUT2D eigenvalue weighted by molar-refractivity contribution is 5.91. The Bertz CT molecular complexity index is 724. The van der Waals surface area contributed by atoms with Gasteiger partial charge in [-0.2, -0.15) is 10.2 Å². The minimum absolute atomic E-state index is 0.0317. The van der Waals surface area contributed by atoms with Crippen molar-refractivity contribution in [2.45, 2.75) is 25.5 Å². The van der Waals surface area contributed by atoms with E-state index in [-0.39, 0.29) is 6.23 Å². The molecule has 0 bridgehead atoms. The number of ether oxygens (including phenoxy) is 1. The lowest BCUT2D eigenvalue weighted by Gasteiger charge is -2.24. The second-order valence-corrected chi connectivity index (χ2v) is 5.10. The standard InChI is InChI=1S/C15H16N4O/c1-2-6-12-11(5-1)15(18-17-12)13-8-9-16-19(13)14-7-3-4-10-20-14/h1-2,5-6,8-9,14H,3-4,7,10H2,(H,17,18). The predicted molar refractivity (Wildman–Crippen MR) is 76.2 cm³/mol. The summed E-state index contributed by atoms with van der Waals surface area (Å²) in [6, 6.07) is 10.1. The summed E-state index contributed by atoms with van der Waals surface area (Å²) >= 11 is 0. The average Bonchev–Trinajstić information content (AvgIpc) is 3.14. The van der Waals surface area contributed by atoms with Gasteiger partial charge in [0.1, 0.15) is 5.69 Å². The van der Waals surface area contributed by atoms with Gasteiger partial charge in [-0.15, -0.1) is 0 Å². The van der Waals surface area contributed by atoms with Gasteiger partial charge in [0.05, 0.1) is 11.2 Å². The van der Waals surface area contributed by atoms with Crippen LogP contribution >= 0.6 is 0 Å². The number of nitrogens with one attached hydrogen (secondary N) is 1. The maximum Gasteiger partial charge on any atom is 0.150 e. The lowest BCUT2D eigenvalue weighted by atomic mass is 10.1. The van der Waals surface area contributed by atoms with E-state index < -0.39 is 0 Å². The second-order valence-electron chi connectivity index (χ2n) is 5.10. The normalized spacial score (nSPS) is 19.5. The SMILES string of the molecule is c1ccc2c(-c3ccnn3C3CCCCO3)n[nH]c2c1. The molecule has 1 aliphatic heterocycles. The maximum atomic E-state index is 5.84. The van der Waals surface area contributed by atoms with Gasteiger partial charge in [0, 0.05) is 18.2 Å². The van der Waals surface area contributed by atoms with E-state index >= 15 is 0 Å². The molecule has 3 heterocycles. The van der Waals surface area contributed by atoms with E-state index in [0.29, 0.717) is 0 Å². The number of para-hydroxylation sites is 1. The third-order valence-electron chi connectivity index (χ3n) is 3.81. The molecule has 1 fully saturated rings. The zero-order chi connectivity index (χ0) is 13.4. The molecule has 1 atom stereocenters.